The van der Waals surface area contributed by atoms with Gasteiger partial charge in [0.15, 0.2) is 12.2 Å². The van der Waals surface area contributed by atoms with Crippen molar-refractivity contribution in [2.45, 2.75) is 57.7 Å². The number of phenolic OH excluding ortho intramolecular Hbond substituents is 1. The number of amides is 3. The Kier molecular flexibility index (Phi) is 7.26. The smallest absolute Gasteiger partial charge is 0.325 e. The molecule has 1 aromatic carbocycles. The van der Waals surface area contributed by atoms with Crippen LogP contribution in [0.3, 0.4) is 0 Å². The van der Waals surface area contributed by atoms with Crippen molar-refractivity contribution in [1.29, 1.82) is 0 Å². The molecule has 162 valence electrons. The maximum absolute atomic E-state index is 12.5. The van der Waals surface area contributed by atoms with E-state index in [1.54, 1.807) is 31.3 Å². The minimum Gasteiger partial charge on any atom is -0.507 e. The number of imide groups is 1. The van der Waals surface area contributed by atoms with Crippen LogP contribution >= 0.6 is 0 Å². The lowest BCUT2D eigenvalue weighted by Gasteiger charge is -2.36. The van der Waals surface area contributed by atoms with Crippen molar-refractivity contribution in [1.82, 2.24) is 20.5 Å². The van der Waals surface area contributed by atoms with Crippen LogP contribution in [-0.2, 0) is 4.79 Å². The maximum atomic E-state index is 12.5. The molecule has 9 heteroatoms. The highest BCUT2D eigenvalue weighted by Crippen LogP contribution is 2.24. The number of aliphatic imine (C=N–C) groups is 1. The highest BCUT2D eigenvalue weighted by atomic mass is 16.3. The van der Waals surface area contributed by atoms with Gasteiger partial charge in [-0.2, -0.15) is 5.10 Å². The second-order valence-corrected chi connectivity index (χ2v) is 7.61. The molecule has 2 aliphatic heterocycles. The number of fused-ring (bicyclic) bond motifs is 1. The Balaban J connectivity index is 1.69. The van der Waals surface area contributed by atoms with Crippen LogP contribution in [0, 0.1) is 0 Å². The Hall–Kier alpha value is -3.10. The number of carbonyl (C=O) groups excluding carboxylic acids is 2. The molecule has 3 N–H and O–H groups in total. The molecule has 3 rings (SSSR count). The fraction of sp³-hybridized carbons (Fsp3) is 0.524. The number of phenols is 1. The van der Waals surface area contributed by atoms with E-state index in [9.17, 15) is 14.7 Å². The van der Waals surface area contributed by atoms with Gasteiger partial charge in [-0.3, -0.25) is 10.1 Å². The van der Waals surface area contributed by atoms with E-state index in [1.165, 1.54) is 30.4 Å². The average Bonchev–Trinajstić information content (AvgIpc) is 3.09. The summed E-state index contributed by atoms with van der Waals surface area (Å²) in [5, 5.41) is 16.5. The van der Waals surface area contributed by atoms with E-state index in [0.29, 0.717) is 18.1 Å². The summed E-state index contributed by atoms with van der Waals surface area (Å²) < 4.78 is 0. The monoisotopic (exact) mass is 414 g/mol. The molecule has 2 heterocycles. The second-order valence-electron chi connectivity index (χ2n) is 7.61. The summed E-state index contributed by atoms with van der Waals surface area (Å²) in [6.45, 7) is 2.83. The van der Waals surface area contributed by atoms with Gasteiger partial charge >= 0.3 is 6.03 Å². The summed E-state index contributed by atoms with van der Waals surface area (Å²) >= 11 is 0. The topological polar surface area (TPSA) is 110 Å². The van der Waals surface area contributed by atoms with E-state index < -0.39 is 18.2 Å². The summed E-state index contributed by atoms with van der Waals surface area (Å²) in [4.78, 5) is 32.4. The number of likely N-dealkylation sites (N-methyl/N-ethyl adjacent to an activating group) is 1. The molecule has 9 nitrogen and oxygen atoms in total. The fourth-order valence-electron chi connectivity index (χ4n) is 3.68. The minimum atomic E-state index is -0.589. The first-order chi connectivity index (χ1) is 14.5. The van der Waals surface area contributed by atoms with Crippen LogP contribution in [0.1, 0.15) is 51.0 Å². The van der Waals surface area contributed by atoms with Crippen molar-refractivity contribution in [3.8, 4) is 5.75 Å². The van der Waals surface area contributed by atoms with E-state index in [1.807, 2.05) is 4.90 Å². The Morgan fingerprint density at radius 3 is 2.70 bits per heavy atom. The molecule has 0 aliphatic carbocycles. The lowest BCUT2D eigenvalue weighted by molar-refractivity contribution is -0.127. The van der Waals surface area contributed by atoms with Gasteiger partial charge in [0.25, 0.3) is 5.91 Å². The number of benzene rings is 1. The number of urea groups is 1. The molecule has 2 unspecified atom stereocenters. The van der Waals surface area contributed by atoms with Gasteiger partial charge in [0.2, 0.25) is 5.96 Å². The predicted molar refractivity (Wildman–Crippen MR) is 115 cm³/mol. The van der Waals surface area contributed by atoms with Crippen molar-refractivity contribution in [2.24, 2.45) is 10.1 Å². The van der Waals surface area contributed by atoms with Crippen LogP contribution in [0.2, 0.25) is 0 Å². The third-order valence-electron chi connectivity index (χ3n) is 5.42. The van der Waals surface area contributed by atoms with Gasteiger partial charge in [0.1, 0.15) is 5.75 Å². The predicted octanol–water partition coefficient (Wildman–Crippen LogP) is 2.22. The van der Waals surface area contributed by atoms with Crippen LogP contribution in [-0.4, -0.2) is 64.8 Å². The molecular formula is C21H30N6O3. The number of aromatic hydroxyl groups is 1. The van der Waals surface area contributed by atoms with Gasteiger partial charge in [-0.15, -0.1) is 0 Å². The van der Waals surface area contributed by atoms with Crippen LogP contribution < -0.4 is 10.7 Å². The zero-order valence-electron chi connectivity index (χ0n) is 17.5. The van der Waals surface area contributed by atoms with Crippen molar-refractivity contribution in [3.63, 3.8) is 0 Å². The number of hydrogen-bond donors (Lipinski definition) is 3. The van der Waals surface area contributed by atoms with Crippen molar-refractivity contribution < 1.29 is 14.7 Å². The third-order valence-corrected chi connectivity index (χ3v) is 5.42. The number of carbonyl (C=O) groups is 2. The third kappa shape index (κ3) is 4.90. The molecule has 1 fully saturated rings. The molecule has 1 saturated heterocycles. The van der Waals surface area contributed by atoms with Crippen LogP contribution in [0.5, 0.6) is 5.75 Å². The molecule has 0 bridgehead atoms. The van der Waals surface area contributed by atoms with Crippen LogP contribution in [0.15, 0.2) is 34.4 Å². The Morgan fingerprint density at radius 2 is 1.93 bits per heavy atom. The number of hydrazone groups is 1. The van der Waals surface area contributed by atoms with E-state index in [0.717, 1.165) is 19.3 Å². The highest BCUT2D eigenvalue weighted by Gasteiger charge is 2.48. The van der Waals surface area contributed by atoms with E-state index in [2.05, 4.69) is 27.8 Å². The van der Waals surface area contributed by atoms with Gasteiger partial charge in [0.05, 0.1) is 6.21 Å². The first-order valence-electron chi connectivity index (χ1n) is 10.5. The van der Waals surface area contributed by atoms with E-state index >= 15 is 0 Å². The SMILES string of the molecule is CCCCCCCCN1C(N/N=C\c2ccccc2O)=NC2C1C(=O)NC(=O)N2C. The van der Waals surface area contributed by atoms with Crippen LogP contribution in [0.25, 0.3) is 0 Å². The number of para-hydroxylation sites is 1. The molecule has 3 amide bonds. The second kappa shape index (κ2) is 10.1. The van der Waals surface area contributed by atoms with Gasteiger partial charge in [0, 0.05) is 19.2 Å². The van der Waals surface area contributed by atoms with Crippen molar-refractivity contribution >= 4 is 24.1 Å². The normalized spacial score (nSPS) is 21.1. The van der Waals surface area contributed by atoms with Gasteiger partial charge in [-0.25, -0.2) is 15.2 Å². The summed E-state index contributed by atoms with van der Waals surface area (Å²) in [5.74, 6) is 0.222. The zero-order chi connectivity index (χ0) is 21.5. The van der Waals surface area contributed by atoms with Gasteiger partial charge in [-0.05, 0) is 18.6 Å². The number of nitrogens with zero attached hydrogens (tertiary/aromatic N) is 4. The fourth-order valence-corrected chi connectivity index (χ4v) is 3.68. The Bertz CT molecular complexity index is 825. The largest absolute Gasteiger partial charge is 0.507 e. The minimum absolute atomic E-state index is 0.124. The molecule has 2 aliphatic rings. The molecule has 1 aromatic rings. The standard InChI is InChI=1S/C21H30N6O3/c1-3-4-5-6-7-10-13-27-17-18(26(2)21(30)24-19(17)29)23-20(27)25-22-14-15-11-8-9-12-16(15)28/h8-9,11-12,14,17-18,28H,3-7,10,13H2,1-2H3,(H,23,25)(H,24,29,30)/b22-14-. The number of rotatable bonds is 9. The Labute approximate surface area is 176 Å². The highest BCUT2D eigenvalue weighted by molar-refractivity contribution is 6.03. The number of nitrogens with one attached hydrogen (secondary N) is 2. The quantitative estimate of drug-likeness (QED) is 0.326. The summed E-state index contributed by atoms with van der Waals surface area (Å²) in [5.41, 5.74) is 3.46. The van der Waals surface area contributed by atoms with E-state index in [4.69, 9.17) is 0 Å². The molecule has 0 radical (unpaired) electrons. The number of hydrogen-bond acceptors (Lipinski definition) is 7. The molecule has 0 saturated carbocycles. The number of guanidine groups is 1. The molecule has 2 atom stereocenters. The summed E-state index contributed by atoms with van der Waals surface area (Å²) in [6, 6.07) is 5.83. The van der Waals surface area contributed by atoms with Crippen molar-refractivity contribution in [3.05, 3.63) is 29.8 Å². The molecule has 30 heavy (non-hydrogen) atoms. The zero-order valence-corrected chi connectivity index (χ0v) is 17.5. The van der Waals surface area contributed by atoms with Crippen molar-refractivity contribution in [2.75, 3.05) is 13.6 Å². The molecular weight excluding hydrogens is 384 g/mol. The first kappa shape index (κ1) is 21.6. The average molecular weight is 415 g/mol. The molecule has 0 aromatic heterocycles. The Morgan fingerprint density at radius 1 is 1.20 bits per heavy atom. The molecule has 0 spiro atoms. The lowest BCUT2D eigenvalue weighted by atomic mass is 10.1. The van der Waals surface area contributed by atoms with Crippen LogP contribution in [0.4, 0.5) is 4.79 Å². The first-order valence-corrected chi connectivity index (χ1v) is 10.5. The van der Waals surface area contributed by atoms with Gasteiger partial charge in [-0.1, -0.05) is 51.2 Å². The maximum Gasteiger partial charge on any atom is 0.325 e. The lowest BCUT2D eigenvalue weighted by Crippen LogP contribution is -2.64. The van der Waals surface area contributed by atoms with E-state index in [-0.39, 0.29) is 11.7 Å². The summed E-state index contributed by atoms with van der Waals surface area (Å²) in [6.07, 6.45) is 7.70. The van der Waals surface area contributed by atoms with Gasteiger partial charge < -0.3 is 14.9 Å². The number of unbranched alkanes of at least 4 members (excludes halogenated alkanes) is 5. The summed E-state index contributed by atoms with van der Waals surface area (Å²) in [7, 11) is 1.63.